The third-order valence-electron chi connectivity index (χ3n) is 4.03. The smallest absolute Gasteiger partial charge is 0.113 e. The first-order valence-corrected chi connectivity index (χ1v) is 7.78. The second-order valence-corrected chi connectivity index (χ2v) is 6.91. The molecule has 1 aromatic rings. The van der Waals surface area contributed by atoms with Gasteiger partial charge in [0.1, 0.15) is 5.01 Å². The summed E-state index contributed by atoms with van der Waals surface area (Å²) in [4.78, 5) is 6.53. The number of hydrogen-bond donors (Lipinski definition) is 1. The molecule has 1 saturated carbocycles. The highest BCUT2D eigenvalue weighted by Gasteiger charge is 2.42. The van der Waals surface area contributed by atoms with Crippen molar-refractivity contribution in [2.24, 2.45) is 0 Å². The zero-order valence-corrected chi connectivity index (χ0v) is 11.7. The molecule has 1 N–H and O–H groups in total. The molecular formula is C14H22N2S. The second kappa shape index (κ2) is 4.36. The molecule has 3 rings (SSSR count). The molecule has 17 heavy (non-hydrogen) atoms. The summed E-state index contributed by atoms with van der Waals surface area (Å²) in [6.07, 6.45) is 9.08. The molecule has 3 heteroatoms. The number of nitrogens with zero attached hydrogens (tertiary/aromatic N) is 1. The topological polar surface area (TPSA) is 24.9 Å². The lowest BCUT2D eigenvalue weighted by molar-refractivity contribution is 0.170. The van der Waals surface area contributed by atoms with Crippen molar-refractivity contribution >= 4 is 11.3 Å². The molecule has 0 saturated heterocycles. The number of fused-ring (bicyclic) bond motifs is 1. The van der Waals surface area contributed by atoms with Crippen LogP contribution in [0.1, 0.15) is 61.5 Å². The number of aryl methyl sites for hydroxylation is 2. The summed E-state index contributed by atoms with van der Waals surface area (Å²) in [5.41, 5.74) is 1.64. The highest BCUT2D eigenvalue weighted by molar-refractivity contribution is 7.11. The van der Waals surface area contributed by atoms with Crippen LogP contribution in [0, 0.1) is 0 Å². The molecule has 94 valence electrons. The van der Waals surface area contributed by atoms with Crippen LogP contribution in [0.25, 0.3) is 0 Å². The quantitative estimate of drug-likeness (QED) is 0.889. The lowest BCUT2D eigenvalue weighted by Gasteiger charge is -2.42. The number of rotatable bonds is 3. The van der Waals surface area contributed by atoms with Crippen LogP contribution in [0.5, 0.6) is 0 Å². The predicted molar refractivity (Wildman–Crippen MR) is 72.6 cm³/mol. The molecule has 0 atom stereocenters. The Bertz CT molecular complexity index is 381. The first-order chi connectivity index (χ1) is 8.20. The van der Waals surface area contributed by atoms with E-state index in [-0.39, 0.29) is 5.54 Å². The van der Waals surface area contributed by atoms with Gasteiger partial charge in [-0.05, 0) is 58.8 Å². The van der Waals surface area contributed by atoms with Gasteiger partial charge in [0, 0.05) is 10.9 Å². The van der Waals surface area contributed by atoms with Crippen LogP contribution in [0.2, 0.25) is 0 Å². The third-order valence-corrected chi connectivity index (χ3v) is 5.39. The van der Waals surface area contributed by atoms with E-state index in [4.69, 9.17) is 4.98 Å². The van der Waals surface area contributed by atoms with Gasteiger partial charge in [-0.1, -0.05) is 0 Å². The van der Waals surface area contributed by atoms with Crippen LogP contribution in [0.15, 0.2) is 0 Å². The molecule has 1 heterocycles. The summed E-state index contributed by atoms with van der Waals surface area (Å²) in [5.74, 6) is 0. The lowest BCUT2D eigenvalue weighted by atomic mass is 9.76. The van der Waals surface area contributed by atoms with Crippen molar-refractivity contribution in [3.63, 3.8) is 0 Å². The number of nitrogens with one attached hydrogen (secondary N) is 1. The standard InChI is InChI=1S/C14H22N2S/c1-10(2)16-14(8-5-9-14)13-15-11-6-3-4-7-12(11)17-13/h10,16H,3-9H2,1-2H3. The molecule has 0 aliphatic heterocycles. The molecule has 0 aromatic carbocycles. The van der Waals surface area contributed by atoms with Crippen molar-refractivity contribution in [2.75, 3.05) is 0 Å². The molecule has 0 radical (unpaired) electrons. The highest BCUT2D eigenvalue weighted by Crippen LogP contribution is 2.44. The maximum atomic E-state index is 4.95. The number of aromatic nitrogens is 1. The zero-order valence-electron chi connectivity index (χ0n) is 10.9. The minimum Gasteiger partial charge on any atom is -0.303 e. The molecule has 2 aliphatic rings. The van der Waals surface area contributed by atoms with Gasteiger partial charge in [-0.3, -0.25) is 0 Å². The molecule has 1 fully saturated rings. The van der Waals surface area contributed by atoms with Gasteiger partial charge in [0.05, 0.1) is 11.2 Å². The maximum absolute atomic E-state index is 4.95. The van der Waals surface area contributed by atoms with Gasteiger partial charge in [-0.2, -0.15) is 0 Å². The van der Waals surface area contributed by atoms with Crippen LogP contribution in [-0.2, 0) is 18.4 Å². The third kappa shape index (κ3) is 2.04. The Labute approximate surface area is 108 Å². The van der Waals surface area contributed by atoms with Crippen LogP contribution in [0.4, 0.5) is 0 Å². The van der Waals surface area contributed by atoms with E-state index in [1.807, 2.05) is 11.3 Å². The Hall–Kier alpha value is -0.410. The molecule has 2 aliphatic carbocycles. The van der Waals surface area contributed by atoms with E-state index >= 15 is 0 Å². The molecule has 1 aromatic heterocycles. The van der Waals surface area contributed by atoms with E-state index < -0.39 is 0 Å². The van der Waals surface area contributed by atoms with Crippen molar-refractivity contribution in [3.8, 4) is 0 Å². The van der Waals surface area contributed by atoms with Crippen LogP contribution < -0.4 is 5.32 Å². The average Bonchev–Trinajstić information content (AvgIpc) is 2.66. The number of thiazole rings is 1. The Kier molecular flexibility index (Phi) is 2.99. The summed E-state index contributed by atoms with van der Waals surface area (Å²) in [6.45, 7) is 4.49. The lowest BCUT2D eigenvalue weighted by Crippen LogP contribution is -2.50. The molecular weight excluding hydrogens is 228 g/mol. The fourth-order valence-electron chi connectivity index (χ4n) is 3.06. The average molecular weight is 250 g/mol. The van der Waals surface area contributed by atoms with Crippen molar-refractivity contribution in [1.82, 2.24) is 10.3 Å². The van der Waals surface area contributed by atoms with Gasteiger partial charge in [0.2, 0.25) is 0 Å². The van der Waals surface area contributed by atoms with Gasteiger partial charge in [-0.15, -0.1) is 11.3 Å². The summed E-state index contributed by atoms with van der Waals surface area (Å²) in [5, 5.41) is 5.15. The van der Waals surface area contributed by atoms with Gasteiger partial charge < -0.3 is 5.32 Å². The first-order valence-electron chi connectivity index (χ1n) is 6.96. The maximum Gasteiger partial charge on any atom is 0.113 e. The largest absolute Gasteiger partial charge is 0.303 e. The predicted octanol–water partition coefficient (Wildman–Crippen LogP) is 3.40. The van der Waals surface area contributed by atoms with E-state index in [2.05, 4.69) is 19.2 Å². The second-order valence-electron chi connectivity index (χ2n) is 5.83. The summed E-state index contributed by atoms with van der Waals surface area (Å²) >= 11 is 1.99. The first kappa shape index (κ1) is 11.7. The van der Waals surface area contributed by atoms with Gasteiger partial charge in [0.15, 0.2) is 0 Å². The Morgan fingerprint density at radius 2 is 1.94 bits per heavy atom. The summed E-state index contributed by atoms with van der Waals surface area (Å²) < 4.78 is 0. The fraction of sp³-hybridized carbons (Fsp3) is 0.786. The Morgan fingerprint density at radius 1 is 1.18 bits per heavy atom. The van der Waals surface area contributed by atoms with E-state index in [0.717, 1.165) is 0 Å². The summed E-state index contributed by atoms with van der Waals surface area (Å²) in [7, 11) is 0. The molecule has 0 unspecified atom stereocenters. The number of hydrogen-bond acceptors (Lipinski definition) is 3. The van der Waals surface area contributed by atoms with Crippen molar-refractivity contribution in [1.29, 1.82) is 0 Å². The SMILES string of the molecule is CC(C)NC1(c2nc3c(s2)CCCC3)CCC1. The van der Waals surface area contributed by atoms with E-state index in [0.29, 0.717) is 6.04 Å². The van der Waals surface area contributed by atoms with Gasteiger partial charge >= 0.3 is 0 Å². The van der Waals surface area contributed by atoms with Crippen molar-refractivity contribution in [3.05, 3.63) is 15.6 Å². The van der Waals surface area contributed by atoms with E-state index in [9.17, 15) is 0 Å². The van der Waals surface area contributed by atoms with Gasteiger partial charge in [0.25, 0.3) is 0 Å². The van der Waals surface area contributed by atoms with Crippen molar-refractivity contribution < 1.29 is 0 Å². The zero-order chi connectivity index (χ0) is 11.9. The molecule has 0 spiro atoms. The normalized spacial score (nSPS) is 22.3. The fourth-order valence-corrected chi connectivity index (χ4v) is 4.42. The van der Waals surface area contributed by atoms with Gasteiger partial charge in [-0.25, -0.2) is 4.98 Å². The van der Waals surface area contributed by atoms with Crippen LogP contribution in [-0.4, -0.2) is 11.0 Å². The molecule has 0 amide bonds. The van der Waals surface area contributed by atoms with Crippen molar-refractivity contribution in [2.45, 2.75) is 70.4 Å². The molecule has 2 nitrogen and oxygen atoms in total. The Morgan fingerprint density at radius 3 is 2.53 bits per heavy atom. The minimum absolute atomic E-state index is 0.232. The Balaban J connectivity index is 1.88. The van der Waals surface area contributed by atoms with Crippen LogP contribution >= 0.6 is 11.3 Å². The highest BCUT2D eigenvalue weighted by atomic mass is 32.1. The minimum atomic E-state index is 0.232. The molecule has 0 bridgehead atoms. The summed E-state index contributed by atoms with van der Waals surface area (Å²) in [6, 6.07) is 0.552. The van der Waals surface area contributed by atoms with Crippen LogP contribution in [0.3, 0.4) is 0 Å². The van der Waals surface area contributed by atoms with E-state index in [1.165, 1.54) is 55.6 Å². The van der Waals surface area contributed by atoms with E-state index in [1.54, 1.807) is 4.88 Å². The monoisotopic (exact) mass is 250 g/mol.